The van der Waals surface area contributed by atoms with Crippen molar-refractivity contribution >= 4 is 12.0 Å². The Morgan fingerprint density at radius 3 is 2.92 bits per heavy atom. The van der Waals surface area contributed by atoms with E-state index >= 15 is 0 Å². The number of fused-ring (bicyclic) bond motifs is 1. The molecule has 0 unspecified atom stereocenters. The predicted molar refractivity (Wildman–Crippen MR) is 95.0 cm³/mol. The number of carbonyl (C=O) groups excluding carboxylic acids is 2. The first kappa shape index (κ1) is 18.4. The molecule has 2 aliphatic heterocycles. The van der Waals surface area contributed by atoms with Gasteiger partial charge in [-0.25, -0.2) is 9.78 Å². The SMILES string of the molecule is CCOC(=O)N1CC[C@H](NCc2cc3c(nc2OC)CN(CC)C3=O)C1. The highest BCUT2D eigenvalue weighted by atomic mass is 16.6. The molecule has 1 saturated heterocycles. The molecular weight excluding hydrogens is 336 g/mol. The molecule has 0 aromatic carbocycles. The van der Waals surface area contributed by atoms with Crippen molar-refractivity contribution < 1.29 is 19.1 Å². The molecule has 8 nitrogen and oxygen atoms in total. The van der Waals surface area contributed by atoms with Gasteiger partial charge in [-0.2, -0.15) is 0 Å². The van der Waals surface area contributed by atoms with Crippen molar-refractivity contribution in [3.8, 4) is 5.88 Å². The molecule has 0 bridgehead atoms. The molecule has 26 heavy (non-hydrogen) atoms. The van der Waals surface area contributed by atoms with E-state index in [1.54, 1.807) is 23.8 Å². The maximum Gasteiger partial charge on any atom is 0.409 e. The fourth-order valence-electron chi connectivity index (χ4n) is 3.42. The third-order valence-corrected chi connectivity index (χ3v) is 4.87. The zero-order valence-corrected chi connectivity index (χ0v) is 15.6. The van der Waals surface area contributed by atoms with Crippen LogP contribution in [0.15, 0.2) is 6.07 Å². The van der Waals surface area contributed by atoms with Gasteiger partial charge in [0.05, 0.1) is 31.5 Å². The summed E-state index contributed by atoms with van der Waals surface area (Å²) in [5.41, 5.74) is 2.28. The van der Waals surface area contributed by atoms with E-state index in [0.717, 1.165) is 17.7 Å². The van der Waals surface area contributed by atoms with Crippen LogP contribution in [0.1, 0.15) is 41.9 Å². The van der Waals surface area contributed by atoms with E-state index in [1.165, 1.54) is 0 Å². The van der Waals surface area contributed by atoms with Crippen LogP contribution >= 0.6 is 0 Å². The fourth-order valence-corrected chi connectivity index (χ4v) is 3.42. The van der Waals surface area contributed by atoms with Gasteiger partial charge in [0.1, 0.15) is 0 Å². The summed E-state index contributed by atoms with van der Waals surface area (Å²) in [4.78, 5) is 32.2. The highest BCUT2D eigenvalue weighted by molar-refractivity contribution is 5.98. The summed E-state index contributed by atoms with van der Waals surface area (Å²) in [5, 5.41) is 3.44. The lowest BCUT2D eigenvalue weighted by atomic mass is 10.1. The molecular formula is C18H26N4O4. The molecule has 8 heteroatoms. The Hall–Kier alpha value is -2.35. The number of rotatable bonds is 6. The van der Waals surface area contributed by atoms with E-state index in [0.29, 0.717) is 50.8 Å². The number of likely N-dealkylation sites (tertiary alicyclic amines) is 1. The number of amides is 2. The zero-order valence-electron chi connectivity index (χ0n) is 15.6. The molecule has 2 amide bonds. The summed E-state index contributed by atoms with van der Waals surface area (Å²) in [5.74, 6) is 0.565. The molecule has 0 spiro atoms. The van der Waals surface area contributed by atoms with Crippen molar-refractivity contribution in [3.63, 3.8) is 0 Å². The van der Waals surface area contributed by atoms with E-state index in [-0.39, 0.29) is 18.0 Å². The number of aromatic nitrogens is 1. The van der Waals surface area contributed by atoms with Crippen molar-refractivity contribution in [2.24, 2.45) is 0 Å². The number of nitrogens with one attached hydrogen (secondary N) is 1. The van der Waals surface area contributed by atoms with Crippen LogP contribution in [0, 0.1) is 0 Å². The minimum Gasteiger partial charge on any atom is -0.481 e. The lowest BCUT2D eigenvalue weighted by Gasteiger charge is -2.17. The largest absolute Gasteiger partial charge is 0.481 e. The number of hydrogen-bond acceptors (Lipinski definition) is 6. The molecule has 3 rings (SSSR count). The number of pyridine rings is 1. The molecule has 0 aliphatic carbocycles. The monoisotopic (exact) mass is 362 g/mol. The Morgan fingerprint density at radius 1 is 1.42 bits per heavy atom. The van der Waals surface area contributed by atoms with Crippen LogP contribution in [0.25, 0.3) is 0 Å². The van der Waals surface area contributed by atoms with Crippen molar-refractivity contribution in [3.05, 3.63) is 22.9 Å². The van der Waals surface area contributed by atoms with E-state index in [2.05, 4.69) is 10.3 Å². The van der Waals surface area contributed by atoms with Crippen LogP contribution in [-0.4, -0.2) is 66.2 Å². The van der Waals surface area contributed by atoms with Crippen molar-refractivity contribution in [2.75, 3.05) is 33.4 Å². The normalized spacial score (nSPS) is 19.0. The molecule has 1 aromatic heterocycles. The zero-order chi connectivity index (χ0) is 18.7. The smallest absolute Gasteiger partial charge is 0.409 e. The molecule has 3 heterocycles. The first-order chi connectivity index (χ1) is 12.6. The molecule has 142 valence electrons. The van der Waals surface area contributed by atoms with Crippen LogP contribution in [0.3, 0.4) is 0 Å². The van der Waals surface area contributed by atoms with Gasteiger partial charge < -0.3 is 24.6 Å². The third kappa shape index (κ3) is 3.60. The maximum atomic E-state index is 12.4. The Kier molecular flexibility index (Phi) is 5.61. The van der Waals surface area contributed by atoms with E-state index in [4.69, 9.17) is 9.47 Å². The fraction of sp³-hybridized carbons (Fsp3) is 0.611. The average Bonchev–Trinajstić information content (AvgIpc) is 3.24. The number of ether oxygens (including phenoxy) is 2. The minimum absolute atomic E-state index is 0.0215. The maximum absolute atomic E-state index is 12.4. The summed E-state index contributed by atoms with van der Waals surface area (Å²) in [7, 11) is 1.59. The van der Waals surface area contributed by atoms with Crippen molar-refractivity contribution in [1.82, 2.24) is 20.1 Å². The molecule has 0 saturated carbocycles. The quantitative estimate of drug-likeness (QED) is 0.823. The first-order valence-corrected chi connectivity index (χ1v) is 9.08. The Bertz CT molecular complexity index is 694. The average molecular weight is 362 g/mol. The summed E-state index contributed by atoms with van der Waals surface area (Å²) in [6.07, 6.45) is 0.598. The van der Waals surface area contributed by atoms with Crippen LogP contribution in [0.5, 0.6) is 5.88 Å². The lowest BCUT2D eigenvalue weighted by Crippen LogP contribution is -2.35. The van der Waals surface area contributed by atoms with Crippen LogP contribution in [-0.2, 0) is 17.8 Å². The van der Waals surface area contributed by atoms with E-state index in [9.17, 15) is 9.59 Å². The molecule has 1 aromatic rings. The molecule has 1 fully saturated rings. The summed E-state index contributed by atoms with van der Waals surface area (Å²) in [6.45, 7) is 7.17. The molecule has 1 atom stereocenters. The molecule has 2 aliphatic rings. The van der Waals surface area contributed by atoms with Crippen LogP contribution < -0.4 is 10.1 Å². The standard InChI is InChI=1S/C18H26N4O4/c1-4-21-11-15-14(17(21)23)8-12(16(20-15)25-3)9-19-13-6-7-22(10-13)18(24)26-5-2/h8,13,19H,4-7,9-11H2,1-3H3/t13-/m0/s1. The Labute approximate surface area is 153 Å². The first-order valence-electron chi connectivity index (χ1n) is 9.08. The predicted octanol–water partition coefficient (Wildman–Crippen LogP) is 1.39. The summed E-state index contributed by atoms with van der Waals surface area (Å²) < 4.78 is 10.5. The van der Waals surface area contributed by atoms with Gasteiger partial charge in [0, 0.05) is 37.8 Å². The Morgan fingerprint density at radius 2 is 2.23 bits per heavy atom. The number of carbonyl (C=O) groups is 2. The lowest BCUT2D eigenvalue weighted by molar-refractivity contribution is 0.0786. The van der Waals surface area contributed by atoms with Gasteiger partial charge in [-0.1, -0.05) is 0 Å². The summed E-state index contributed by atoms with van der Waals surface area (Å²) >= 11 is 0. The second-order valence-corrected chi connectivity index (χ2v) is 6.48. The molecule has 1 N–H and O–H groups in total. The van der Waals surface area contributed by atoms with Gasteiger partial charge in [0.15, 0.2) is 0 Å². The van der Waals surface area contributed by atoms with Crippen LogP contribution in [0.4, 0.5) is 4.79 Å². The Balaban J connectivity index is 1.65. The number of hydrogen-bond donors (Lipinski definition) is 1. The second-order valence-electron chi connectivity index (χ2n) is 6.48. The van der Waals surface area contributed by atoms with Gasteiger partial charge in [0.25, 0.3) is 5.91 Å². The van der Waals surface area contributed by atoms with Gasteiger partial charge in [0.2, 0.25) is 5.88 Å². The van der Waals surface area contributed by atoms with E-state index in [1.807, 2.05) is 13.0 Å². The van der Waals surface area contributed by atoms with Crippen molar-refractivity contribution in [2.45, 2.75) is 39.4 Å². The minimum atomic E-state index is -0.265. The highest BCUT2D eigenvalue weighted by Gasteiger charge is 2.30. The number of methoxy groups -OCH3 is 1. The van der Waals surface area contributed by atoms with E-state index < -0.39 is 0 Å². The highest BCUT2D eigenvalue weighted by Crippen LogP contribution is 2.27. The third-order valence-electron chi connectivity index (χ3n) is 4.87. The van der Waals surface area contributed by atoms with Gasteiger partial charge in [-0.3, -0.25) is 4.79 Å². The van der Waals surface area contributed by atoms with Gasteiger partial charge in [-0.05, 0) is 26.3 Å². The summed E-state index contributed by atoms with van der Waals surface area (Å²) in [6, 6.07) is 2.06. The second kappa shape index (κ2) is 7.90. The van der Waals surface area contributed by atoms with Crippen molar-refractivity contribution in [1.29, 1.82) is 0 Å². The topological polar surface area (TPSA) is 84.0 Å². The van der Waals surface area contributed by atoms with Gasteiger partial charge in [-0.15, -0.1) is 0 Å². The van der Waals surface area contributed by atoms with Gasteiger partial charge >= 0.3 is 6.09 Å². The molecule has 0 radical (unpaired) electrons. The number of nitrogens with zero attached hydrogens (tertiary/aromatic N) is 3. The van der Waals surface area contributed by atoms with Crippen LogP contribution in [0.2, 0.25) is 0 Å².